The first-order valence-corrected chi connectivity index (χ1v) is 13.1. The maximum Gasteiger partial charge on any atom is 0.309 e. The number of ether oxygens (including phenoxy) is 1. The molecule has 0 amide bonds. The molecule has 0 aromatic carbocycles. The smallest absolute Gasteiger partial charge is 0.309 e. The van der Waals surface area contributed by atoms with Crippen LogP contribution in [-0.2, 0) is 14.3 Å². The average Bonchev–Trinajstić information content (AvgIpc) is 2.76. The van der Waals surface area contributed by atoms with Crippen molar-refractivity contribution in [1.29, 1.82) is 0 Å². The Morgan fingerprint density at radius 1 is 0.710 bits per heavy atom. The van der Waals surface area contributed by atoms with Crippen molar-refractivity contribution >= 4 is 11.9 Å². The van der Waals surface area contributed by atoms with E-state index in [9.17, 15) is 14.7 Å². The molecule has 0 aromatic heterocycles. The van der Waals surface area contributed by atoms with E-state index in [0.717, 1.165) is 51.4 Å². The lowest BCUT2D eigenvalue weighted by molar-refractivity contribution is -0.152. The zero-order valence-electron chi connectivity index (χ0n) is 20.4. The lowest BCUT2D eigenvalue weighted by atomic mass is 9.94. The summed E-state index contributed by atoms with van der Waals surface area (Å²) in [4.78, 5) is 23.0. The summed E-state index contributed by atoms with van der Waals surface area (Å²) in [6.45, 7) is 4.23. The predicted molar refractivity (Wildman–Crippen MR) is 127 cm³/mol. The highest BCUT2D eigenvalue weighted by Crippen LogP contribution is 2.21. The molecule has 2 atom stereocenters. The molecular formula is C26H50O5. The number of carboxylic acid groups (broad SMARTS) is 1. The van der Waals surface area contributed by atoms with Gasteiger partial charge < -0.3 is 14.9 Å². The van der Waals surface area contributed by atoms with Crippen molar-refractivity contribution in [3.8, 4) is 0 Å². The van der Waals surface area contributed by atoms with Gasteiger partial charge in [-0.1, -0.05) is 104 Å². The molecule has 31 heavy (non-hydrogen) atoms. The number of aliphatic hydroxyl groups is 1. The van der Waals surface area contributed by atoms with Gasteiger partial charge >= 0.3 is 11.9 Å². The molecule has 0 fully saturated rings. The number of esters is 1. The Morgan fingerprint density at radius 2 is 1.16 bits per heavy atom. The zero-order chi connectivity index (χ0) is 23.2. The van der Waals surface area contributed by atoms with Crippen molar-refractivity contribution in [2.45, 2.75) is 142 Å². The minimum atomic E-state index is -0.694. The van der Waals surface area contributed by atoms with E-state index in [1.54, 1.807) is 0 Å². The molecular weight excluding hydrogens is 392 g/mol. The number of rotatable bonds is 23. The average molecular weight is 443 g/mol. The topological polar surface area (TPSA) is 83.8 Å². The highest BCUT2D eigenvalue weighted by Gasteiger charge is 2.20. The second kappa shape index (κ2) is 22.1. The molecule has 0 aliphatic carbocycles. The predicted octanol–water partition coefficient (Wildman–Crippen LogP) is 7.04. The summed E-state index contributed by atoms with van der Waals surface area (Å²) >= 11 is 0. The van der Waals surface area contributed by atoms with Crippen LogP contribution in [0.3, 0.4) is 0 Å². The first-order valence-electron chi connectivity index (χ1n) is 13.1. The summed E-state index contributed by atoms with van der Waals surface area (Å²) in [5.74, 6) is -0.841. The van der Waals surface area contributed by atoms with Crippen molar-refractivity contribution in [2.75, 3.05) is 6.61 Å². The van der Waals surface area contributed by atoms with E-state index in [1.165, 1.54) is 57.8 Å². The maximum absolute atomic E-state index is 12.5. The quantitative estimate of drug-likeness (QED) is 0.131. The number of hydrogen-bond acceptors (Lipinski definition) is 4. The van der Waals surface area contributed by atoms with Crippen LogP contribution >= 0.6 is 0 Å². The number of hydrogen-bond donors (Lipinski definition) is 2. The van der Waals surface area contributed by atoms with Crippen molar-refractivity contribution in [2.24, 2.45) is 5.92 Å². The van der Waals surface area contributed by atoms with Crippen LogP contribution in [0.5, 0.6) is 0 Å². The fourth-order valence-electron chi connectivity index (χ4n) is 3.87. The van der Waals surface area contributed by atoms with Crippen LogP contribution in [0.15, 0.2) is 0 Å². The van der Waals surface area contributed by atoms with Gasteiger partial charge in [0.05, 0.1) is 12.0 Å². The van der Waals surface area contributed by atoms with Crippen LogP contribution in [0.25, 0.3) is 0 Å². The van der Waals surface area contributed by atoms with Crippen molar-refractivity contribution in [3.63, 3.8) is 0 Å². The Kier molecular flexibility index (Phi) is 21.3. The highest BCUT2D eigenvalue weighted by molar-refractivity contribution is 5.72. The molecule has 0 saturated carbocycles. The Balaban J connectivity index is 3.95. The Bertz CT molecular complexity index is 424. The largest absolute Gasteiger partial charge is 0.481 e. The van der Waals surface area contributed by atoms with Crippen LogP contribution < -0.4 is 0 Å². The van der Waals surface area contributed by atoms with Crippen molar-refractivity contribution in [3.05, 3.63) is 0 Å². The van der Waals surface area contributed by atoms with Gasteiger partial charge in [-0.25, -0.2) is 0 Å². The summed E-state index contributed by atoms with van der Waals surface area (Å²) < 4.78 is 5.38. The van der Waals surface area contributed by atoms with Crippen LogP contribution in [0, 0.1) is 5.92 Å². The Morgan fingerprint density at radius 3 is 1.61 bits per heavy atom. The molecule has 0 saturated heterocycles. The summed E-state index contributed by atoms with van der Waals surface area (Å²) in [5.41, 5.74) is 0. The fourth-order valence-corrected chi connectivity index (χ4v) is 3.87. The normalized spacial score (nSPS) is 13.1. The SMILES string of the molecule is CCCCCCCCC(CCCCCCCCCCCC(=O)O)C(=O)OCC(O)CC. The lowest BCUT2D eigenvalue weighted by Gasteiger charge is -2.17. The third kappa shape index (κ3) is 20.6. The maximum atomic E-state index is 12.5. The van der Waals surface area contributed by atoms with E-state index in [4.69, 9.17) is 9.84 Å². The second-order valence-electron chi connectivity index (χ2n) is 9.06. The summed E-state index contributed by atoms with van der Waals surface area (Å²) in [7, 11) is 0. The van der Waals surface area contributed by atoms with Crippen molar-refractivity contribution in [1.82, 2.24) is 0 Å². The molecule has 0 rings (SSSR count). The highest BCUT2D eigenvalue weighted by atomic mass is 16.5. The molecule has 0 heterocycles. The molecule has 0 aromatic rings. The van der Waals surface area contributed by atoms with Gasteiger partial charge in [-0.05, 0) is 25.7 Å². The molecule has 0 bridgehead atoms. The van der Waals surface area contributed by atoms with Gasteiger partial charge in [0.25, 0.3) is 0 Å². The molecule has 2 N–H and O–H groups in total. The third-order valence-corrected chi connectivity index (χ3v) is 6.07. The van der Waals surface area contributed by atoms with Gasteiger partial charge in [0.15, 0.2) is 0 Å². The first-order chi connectivity index (χ1) is 15.0. The molecule has 0 aliphatic rings. The first kappa shape index (κ1) is 29.9. The monoisotopic (exact) mass is 442 g/mol. The number of carbonyl (C=O) groups is 2. The van der Waals surface area contributed by atoms with Gasteiger partial charge in [0.2, 0.25) is 0 Å². The van der Waals surface area contributed by atoms with E-state index in [1.807, 2.05) is 6.92 Å². The van der Waals surface area contributed by atoms with E-state index in [2.05, 4.69) is 6.92 Å². The lowest BCUT2D eigenvalue weighted by Crippen LogP contribution is -2.23. The van der Waals surface area contributed by atoms with Crippen molar-refractivity contribution < 1.29 is 24.5 Å². The number of carboxylic acids is 1. The van der Waals surface area contributed by atoms with Crippen LogP contribution in [0.1, 0.15) is 136 Å². The molecule has 0 aliphatic heterocycles. The number of aliphatic hydroxyl groups excluding tert-OH is 1. The standard InChI is InChI=1S/C26H50O5/c1-3-5-6-7-13-16-19-23(26(30)31-22-24(27)4-2)20-17-14-11-9-8-10-12-15-18-21-25(28)29/h23-24,27H,3-22H2,1-2H3,(H,28,29). The van der Waals surface area contributed by atoms with E-state index in [0.29, 0.717) is 12.8 Å². The van der Waals surface area contributed by atoms with E-state index in [-0.39, 0.29) is 18.5 Å². The van der Waals surface area contributed by atoms with Gasteiger partial charge in [-0.3, -0.25) is 9.59 Å². The number of unbranched alkanes of at least 4 members (excludes halogenated alkanes) is 13. The minimum Gasteiger partial charge on any atom is -0.481 e. The summed E-state index contributed by atoms with van der Waals surface area (Å²) in [6.07, 6.45) is 19.5. The van der Waals surface area contributed by atoms with Gasteiger partial charge in [0, 0.05) is 6.42 Å². The van der Waals surface area contributed by atoms with Gasteiger partial charge in [0.1, 0.15) is 6.61 Å². The zero-order valence-corrected chi connectivity index (χ0v) is 20.4. The molecule has 5 heteroatoms. The van der Waals surface area contributed by atoms with E-state index < -0.39 is 12.1 Å². The summed E-state index contributed by atoms with van der Waals surface area (Å²) in [6, 6.07) is 0. The molecule has 184 valence electrons. The van der Waals surface area contributed by atoms with Crippen LogP contribution in [-0.4, -0.2) is 34.9 Å². The van der Waals surface area contributed by atoms with Gasteiger partial charge in [-0.15, -0.1) is 0 Å². The fraction of sp³-hybridized carbons (Fsp3) is 0.923. The van der Waals surface area contributed by atoms with Gasteiger partial charge in [-0.2, -0.15) is 0 Å². The third-order valence-electron chi connectivity index (χ3n) is 6.07. The Labute approximate surface area is 191 Å². The molecule has 0 radical (unpaired) electrons. The molecule has 5 nitrogen and oxygen atoms in total. The summed E-state index contributed by atoms with van der Waals surface area (Å²) in [5, 5.41) is 18.3. The van der Waals surface area contributed by atoms with Crippen LogP contribution in [0.4, 0.5) is 0 Å². The molecule has 0 spiro atoms. The number of carbonyl (C=O) groups excluding carboxylic acids is 1. The minimum absolute atomic E-state index is 0.0236. The second-order valence-corrected chi connectivity index (χ2v) is 9.06. The van der Waals surface area contributed by atoms with Crippen LogP contribution in [0.2, 0.25) is 0 Å². The molecule has 2 unspecified atom stereocenters. The number of aliphatic carboxylic acids is 1. The van der Waals surface area contributed by atoms with E-state index >= 15 is 0 Å². The Hall–Kier alpha value is -1.10.